The Morgan fingerprint density at radius 1 is 1.14 bits per heavy atom. The van der Waals surface area contributed by atoms with Gasteiger partial charge in [0.2, 0.25) is 5.91 Å². The lowest BCUT2D eigenvalue weighted by Gasteiger charge is -2.20. The molecule has 0 bridgehead atoms. The maximum atomic E-state index is 11.6. The highest BCUT2D eigenvalue weighted by molar-refractivity contribution is 7.19. The summed E-state index contributed by atoms with van der Waals surface area (Å²) < 4.78 is 5.90. The molecular weight excluding hydrogens is 384 g/mol. The number of amides is 1. The second-order valence-corrected chi connectivity index (χ2v) is 8.95. The summed E-state index contributed by atoms with van der Waals surface area (Å²) in [5.41, 5.74) is 2.18. The van der Waals surface area contributed by atoms with Crippen molar-refractivity contribution < 1.29 is 9.53 Å². The molecule has 1 amide bonds. The molecule has 2 fully saturated rings. The maximum Gasteiger partial charge on any atom is 0.281 e. The highest BCUT2D eigenvalue weighted by Crippen LogP contribution is 2.32. The fraction of sp³-hybridized carbons (Fsp3) is 0.409. The molecule has 2 aliphatic rings. The molecule has 0 aliphatic carbocycles. The summed E-state index contributed by atoms with van der Waals surface area (Å²) in [4.78, 5) is 25.8. The number of likely N-dealkylation sites (tertiary alicyclic amines) is 2. The van der Waals surface area contributed by atoms with E-state index in [2.05, 4.69) is 27.0 Å². The minimum Gasteiger partial charge on any atom is -0.431 e. The van der Waals surface area contributed by atoms with Crippen LogP contribution in [-0.4, -0.2) is 58.4 Å². The second-order valence-electron chi connectivity index (χ2n) is 8.01. The fourth-order valence-electron chi connectivity index (χ4n) is 4.44. The number of hydrogen-bond acceptors (Lipinski definition) is 6. The number of hydrogen-bond donors (Lipinski definition) is 0. The van der Waals surface area contributed by atoms with Crippen LogP contribution in [0.5, 0.6) is 10.9 Å². The molecule has 3 aromatic rings. The largest absolute Gasteiger partial charge is 0.431 e. The maximum absolute atomic E-state index is 11.6. The average Bonchev–Trinajstić information content (AvgIpc) is 3.39. The molecule has 0 radical (unpaired) electrons. The van der Waals surface area contributed by atoms with Crippen molar-refractivity contribution in [2.75, 3.05) is 32.7 Å². The van der Waals surface area contributed by atoms with Gasteiger partial charge in [0.15, 0.2) is 0 Å². The number of pyridine rings is 1. The molecular formula is C22H24N4O2S. The Bertz CT molecular complexity index is 972. The van der Waals surface area contributed by atoms with Crippen molar-refractivity contribution in [1.29, 1.82) is 0 Å². The Labute approximate surface area is 174 Å². The zero-order chi connectivity index (χ0) is 19.8. The van der Waals surface area contributed by atoms with Crippen molar-refractivity contribution in [1.82, 2.24) is 19.8 Å². The molecule has 0 N–H and O–H groups in total. The van der Waals surface area contributed by atoms with Gasteiger partial charge < -0.3 is 14.5 Å². The van der Waals surface area contributed by atoms with E-state index in [9.17, 15) is 4.79 Å². The summed E-state index contributed by atoms with van der Waals surface area (Å²) in [6.45, 7) is 6.84. The van der Waals surface area contributed by atoms with Gasteiger partial charge in [0, 0.05) is 45.8 Å². The summed E-state index contributed by atoms with van der Waals surface area (Å²) in [6.07, 6.45) is 2.80. The van der Waals surface area contributed by atoms with Crippen LogP contribution in [0.15, 0.2) is 42.6 Å². The summed E-state index contributed by atoms with van der Waals surface area (Å²) >= 11 is 1.46. The third-order valence-corrected chi connectivity index (χ3v) is 6.86. The van der Waals surface area contributed by atoms with Crippen LogP contribution < -0.4 is 4.74 Å². The van der Waals surface area contributed by atoms with Gasteiger partial charge in [0.1, 0.15) is 16.1 Å². The van der Waals surface area contributed by atoms with Crippen LogP contribution in [-0.2, 0) is 11.2 Å². The lowest BCUT2D eigenvalue weighted by molar-refractivity contribution is -0.128. The standard InChI is InChI=1S/C22H24N4O2S/c1-15(27)26-13-17-11-25(12-18(17)14-26)10-8-16-4-6-19(7-5-16)28-22-24-20-3-2-9-23-21(20)29-22/h2-7,9,17-18H,8,10-14H2,1H3. The molecule has 4 heterocycles. The van der Waals surface area contributed by atoms with Gasteiger partial charge in [-0.1, -0.05) is 23.5 Å². The fourth-order valence-corrected chi connectivity index (χ4v) is 5.21. The first-order valence-electron chi connectivity index (χ1n) is 10.1. The van der Waals surface area contributed by atoms with Crippen LogP contribution in [0, 0.1) is 11.8 Å². The van der Waals surface area contributed by atoms with Crippen molar-refractivity contribution in [3.8, 4) is 10.9 Å². The second kappa shape index (κ2) is 7.72. The van der Waals surface area contributed by atoms with Crippen LogP contribution in [0.2, 0.25) is 0 Å². The first-order valence-corrected chi connectivity index (χ1v) is 10.9. The molecule has 2 aliphatic heterocycles. The van der Waals surface area contributed by atoms with E-state index in [-0.39, 0.29) is 5.91 Å². The normalized spacial score (nSPS) is 21.6. The van der Waals surface area contributed by atoms with Crippen molar-refractivity contribution in [3.05, 3.63) is 48.2 Å². The van der Waals surface area contributed by atoms with Gasteiger partial charge in [-0.05, 0) is 48.1 Å². The number of carbonyl (C=O) groups excluding carboxylic acids is 1. The molecule has 0 spiro atoms. The first kappa shape index (κ1) is 18.5. The highest BCUT2D eigenvalue weighted by Gasteiger charge is 2.40. The number of fused-ring (bicyclic) bond motifs is 2. The minimum atomic E-state index is 0.218. The SMILES string of the molecule is CC(=O)N1CC2CN(CCc3ccc(Oc4nc5cccnc5s4)cc3)CC2C1. The van der Waals surface area contributed by atoms with Crippen LogP contribution in [0.4, 0.5) is 0 Å². The number of aromatic nitrogens is 2. The average molecular weight is 409 g/mol. The molecule has 2 unspecified atom stereocenters. The van der Waals surface area contributed by atoms with Crippen molar-refractivity contribution in [2.24, 2.45) is 11.8 Å². The van der Waals surface area contributed by atoms with E-state index < -0.39 is 0 Å². The number of nitrogens with zero attached hydrogens (tertiary/aromatic N) is 4. The predicted octanol–water partition coefficient (Wildman–Crippen LogP) is 3.44. The lowest BCUT2D eigenvalue weighted by atomic mass is 10.0. The van der Waals surface area contributed by atoms with Gasteiger partial charge in [-0.15, -0.1) is 0 Å². The summed E-state index contributed by atoms with van der Waals surface area (Å²) in [5.74, 6) is 2.32. The molecule has 2 atom stereocenters. The van der Waals surface area contributed by atoms with Crippen LogP contribution in [0.25, 0.3) is 10.3 Å². The molecule has 29 heavy (non-hydrogen) atoms. The Morgan fingerprint density at radius 3 is 2.59 bits per heavy atom. The summed E-state index contributed by atoms with van der Waals surface area (Å²) in [6, 6.07) is 12.1. The van der Waals surface area contributed by atoms with Gasteiger partial charge in [0.05, 0.1) is 0 Å². The topological polar surface area (TPSA) is 58.6 Å². The van der Waals surface area contributed by atoms with E-state index in [1.165, 1.54) is 16.9 Å². The predicted molar refractivity (Wildman–Crippen MR) is 113 cm³/mol. The molecule has 5 rings (SSSR count). The van der Waals surface area contributed by atoms with Gasteiger partial charge in [0.25, 0.3) is 5.19 Å². The number of benzene rings is 1. The monoisotopic (exact) mass is 408 g/mol. The number of carbonyl (C=O) groups is 1. The summed E-state index contributed by atoms with van der Waals surface area (Å²) in [7, 11) is 0. The molecule has 6 nitrogen and oxygen atoms in total. The van der Waals surface area contributed by atoms with Crippen LogP contribution in [0.3, 0.4) is 0 Å². The zero-order valence-corrected chi connectivity index (χ0v) is 17.3. The molecule has 2 saturated heterocycles. The van der Waals surface area contributed by atoms with Crippen molar-refractivity contribution in [2.45, 2.75) is 13.3 Å². The number of rotatable bonds is 5. The molecule has 0 saturated carbocycles. The molecule has 7 heteroatoms. The molecule has 150 valence electrons. The Kier molecular flexibility index (Phi) is 4.93. The highest BCUT2D eigenvalue weighted by atomic mass is 32.1. The molecule has 2 aromatic heterocycles. The summed E-state index contributed by atoms with van der Waals surface area (Å²) in [5, 5.41) is 0.620. The van der Waals surface area contributed by atoms with Gasteiger partial charge in [-0.3, -0.25) is 4.79 Å². The Balaban J connectivity index is 1.13. The van der Waals surface area contributed by atoms with E-state index in [1.54, 1.807) is 13.1 Å². The lowest BCUT2D eigenvalue weighted by Crippen LogP contribution is -2.32. The smallest absolute Gasteiger partial charge is 0.281 e. The van der Waals surface area contributed by atoms with Crippen molar-refractivity contribution >= 4 is 27.6 Å². The van der Waals surface area contributed by atoms with Crippen LogP contribution in [0.1, 0.15) is 12.5 Å². The minimum absolute atomic E-state index is 0.218. The third-order valence-electron chi connectivity index (χ3n) is 6.00. The Morgan fingerprint density at radius 2 is 1.90 bits per heavy atom. The van der Waals surface area contributed by atoms with E-state index in [0.717, 1.165) is 55.2 Å². The van der Waals surface area contributed by atoms with Gasteiger partial charge in [-0.25, -0.2) is 9.97 Å². The number of ether oxygens (including phenoxy) is 1. The van der Waals surface area contributed by atoms with E-state index >= 15 is 0 Å². The van der Waals surface area contributed by atoms with Gasteiger partial charge in [-0.2, -0.15) is 0 Å². The Hall–Kier alpha value is -2.51. The van der Waals surface area contributed by atoms with Gasteiger partial charge >= 0.3 is 0 Å². The molecule has 1 aromatic carbocycles. The van der Waals surface area contributed by atoms with E-state index in [0.29, 0.717) is 17.0 Å². The third kappa shape index (κ3) is 3.97. The zero-order valence-electron chi connectivity index (χ0n) is 16.5. The van der Waals surface area contributed by atoms with E-state index in [4.69, 9.17) is 4.74 Å². The quantitative estimate of drug-likeness (QED) is 0.647. The van der Waals surface area contributed by atoms with E-state index in [1.807, 2.05) is 29.2 Å². The number of thiazole rings is 1. The van der Waals surface area contributed by atoms with Crippen LogP contribution >= 0.6 is 11.3 Å². The first-order chi connectivity index (χ1) is 14.1. The van der Waals surface area contributed by atoms with Crippen molar-refractivity contribution in [3.63, 3.8) is 0 Å².